The first-order chi connectivity index (χ1) is 20.3. The van der Waals surface area contributed by atoms with Gasteiger partial charge in [-0.3, -0.25) is 9.59 Å². The van der Waals surface area contributed by atoms with E-state index in [9.17, 15) is 31.5 Å². The van der Waals surface area contributed by atoms with E-state index in [1.165, 1.54) is 4.57 Å². The summed E-state index contributed by atoms with van der Waals surface area (Å²) in [5, 5.41) is 6.66. The predicted molar refractivity (Wildman–Crippen MR) is 147 cm³/mol. The highest BCUT2D eigenvalue weighted by Crippen LogP contribution is 2.59. The number of hydrogen-bond donors (Lipinski definition) is 2. The zero-order valence-electron chi connectivity index (χ0n) is 22.9. The van der Waals surface area contributed by atoms with Crippen molar-refractivity contribution in [1.29, 1.82) is 0 Å². The number of nitrogens with two attached hydrogens (primary N) is 1. The summed E-state index contributed by atoms with van der Waals surface area (Å²) < 4.78 is 73.1. The van der Waals surface area contributed by atoms with Gasteiger partial charge in [0.1, 0.15) is 28.1 Å². The monoisotopic (exact) mass is 599 g/mol. The molecule has 1 amide bonds. The van der Waals surface area contributed by atoms with E-state index in [0.717, 1.165) is 43.2 Å². The molecule has 3 N–H and O–H groups in total. The molecular formula is C29H26F5N7O2. The van der Waals surface area contributed by atoms with Gasteiger partial charge in [-0.2, -0.15) is 23.0 Å². The standard InChI is InChI=1S/C29H26F5N7O2/c1-39-19-7-5-17(36-25(43)18-6-8-21(42)41(38-18)23-15(30)3-2-4-16(23)31)24(40-13-20(35)27(14-40)9-10-27)22(19)37-26(39)28(11-12-28)29(32,33)34/h2-8,20H,9-14,35H2,1H3,(H,36,43)/t20-/m0/s1. The van der Waals surface area contributed by atoms with Gasteiger partial charge in [0.15, 0.2) is 11.6 Å². The lowest BCUT2D eigenvalue weighted by atomic mass is 10.0. The molecule has 2 aliphatic carbocycles. The summed E-state index contributed by atoms with van der Waals surface area (Å²) >= 11 is 0. The van der Waals surface area contributed by atoms with E-state index < -0.39 is 40.4 Å². The van der Waals surface area contributed by atoms with Crippen LogP contribution in [0.25, 0.3) is 16.7 Å². The van der Waals surface area contributed by atoms with Crippen LogP contribution in [0.15, 0.2) is 47.3 Å². The molecule has 4 aromatic rings. The molecule has 224 valence electrons. The lowest BCUT2D eigenvalue weighted by Crippen LogP contribution is -2.31. The fraction of sp³-hybridized carbons (Fsp3) is 0.379. The van der Waals surface area contributed by atoms with Crippen LogP contribution in [0.5, 0.6) is 0 Å². The Kier molecular flexibility index (Phi) is 5.81. The van der Waals surface area contributed by atoms with Crippen LogP contribution in [0, 0.1) is 17.0 Å². The van der Waals surface area contributed by atoms with Crippen LogP contribution in [0.3, 0.4) is 0 Å². The van der Waals surface area contributed by atoms with Gasteiger partial charge in [0.2, 0.25) is 0 Å². The molecule has 3 fully saturated rings. The Morgan fingerprint density at radius 3 is 2.33 bits per heavy atom. The first-order valence-electron chi connectivity index (χ1n) is 13.8. The van der Waals surface area contributed by atoms with Crippen LogP contribution in [-0.2, 0) is 12.5 Å². The first kappa shape index (κ1) is 27.5. The summed E-state index contributed by atoms with van der Waals surface area (Å²) in [7, 11) is 1.55. The van der Waals surface area contributed by atoms with Gasteiger partial charge in [-0.05, 0) is 56.0 Å². The number of anilines is 2. The zero-order chi connectivity index (χ0) is 30.5. The average molecular weight is 600 g/mol. The highest BCUT2D eigenvalue weighted by molar-refractivity contribution is 6.08. The highest BCUT2D eigenvalue weighted by Gasteiger charge is 2.67. The summed E-state index contributed by atoms with van der Waals surface area (Å²) in [5.74, 6) is -2.99. The second-order valence-corrected chi connectivity index (χ2v) is 11.7. The van der Waals surface area contributed by atoms with Gasteiger partial charge in [-0.1, -0.05) is 6.07 Å². The summed E-state index contributed by atoms with van der Waals surface area (Å²) in [4.78, 5) is 32.4. The number of hydrogen-bond acceptors (Lipinski definition) is 6. The molecular weight excluding hydrogens is 573 g/mol. The van der Waals surface area contributed by atoms with Crippen LogP contribution in [-0.4, -0.2) is 50.5 Å². The fourth-order valence-corrected chi connectivity index (χ4v) is 6.28. The normalized spacial score (nSPS) is 20.2. The van der Waals surface area contributed by atoms with Crippen molar-refractivity contribution in [3.63, 3.8) is 0 Å². The molecule has 9 nitrogen and oxygen atoms in total. The third-order valence-corrected chi connectivity index (χ3v) is 9.10. The molecule has 0 unspecified atom stereocenters. The van der Waals surface area contributed by atoms with Gasteiger partial charge in [0.05, 0.1) is 16.9 Å². The molecule has 3 aliphatic rings. The molecule has 1 atom stereocenters. The van der Waals surface area contributed by atoms with Crippen molar-refractivity contribution in [2.24, 2.45) is 18.2 Å². The molecule has 2 saturated carbocycles. The number of imidazole rings is 1. The van der Waals surface area contributed by atoms with Gasteiger partial charge in [0, 0.05) is 37.7 Å². The van der Waals surface area contributed by atoms with Crippen LogP contribution in [0.2, 0.25) is 0 Å². The molecule has 0 radical (unpaired) electrons. The molecule has 1 aliphatic heterocycles. The van der Waals surface area contributed by atoms with Crippen LogP contribution < -0.4 is 21.5 Å². The van der Waals surface area contributed by atoms with E-state index in [0.29, 0.717) is 34.5 Å². The van der Waals surface area contributed by atoms with E-state index >= 15 is 0 Å². The maximum Gasteiger partial charge on any atom is 0.401 e. The van der Waals surface area contributed by atoms with Crippen molar-refractivity contribution in [1.82, 2.24) is 19.3 Å². The summed E-state index contributed by atoms with van der Waals surface area (Å²) in [5.41, 5.74) is 3.86. The van der Waals surface area contributed by atoms with Gasteiger partial charge in [0.25, 0.3) is 11.5 Å². The van der Waals surface area contributed by atoms with Crippen LogP contribution in [0.1, 0.15) is 42.0 Å². The number of nitrogens with one attached hydrogen (secondary N) is 1. The molecule has 2 aromatic heterocycles. The highest BCUT2D eigenvalue weighted by atomic mass is 19.4. The van der Waals surface area contributed by atoms with Crippen molar-refractivity contribution in [2.45, 2.75) is 43.3 Å². The Labute approximate surface area is 241 Å². The molecule has 1 spiro atoms. The van der Waals surface area contributed by atoms with Crippen molar-refractivity contribution >= 4 is 28.3 Å². The van der Waals surface area contributed by atoms with Crippen LogP contribution in [0.4, 0.5) is 33.3 Å². The Bertz CT molecular complexity index is 1850. The number of benzene rings is 2. The Balaban J connectivity index is 1.32. The van der Waals surface area contributed by atoms with Crippen molar-refractivity contribution in [2.75, 3.05) is 23.3 Å². The first-order valence-corrected chi connectivity index (χ1v) is 13.8. The second-order valence-electron chi connectivity index (χ2n) is 11.7. The largest absolute Gasteiger partial charge is 0.401 e. The number of halogens is 5. The molecule has 1 saturated heterocycles. The van der Waals surface area contributed by atoms with Crippen molar-refractivity contribution < 1.29 is 26.7 Å². The van der Waals surface area contributed by atoms with E-state index in [4.69, 9.17) is 5.73 Å². The number of carbonyl (C=O) groups excluding carboxylic acids is 1. The summed E-state index contributed by atoms with van der Waals surface area (Å²) in [6, 6.07) is 8.13. The third-order valence-electron chi connectivity index (χ3n) is 9.10. The Morgan fingerprint density at radius 1 is 1.02 bits per heavy atom. The van der Waals surface area contributed by atoms with E-state index in [1.807, 2.05) is 4.90 Å². The van der Waals surface area contributed by atoms with E-state index in [2.05, 4.69) is 15.4 Å². The number of nitrogens with zero attached hydrogens (tertiary/aromatic N) is 5. The van der Waals surface area contributed by atoms with Gasteiger partial charge >= 0.3 is 6.18 Å². The minimum Gasteiger partial charge on any atom is -0.366 e. The fourth-order valence-electron chi connectivity index (χ4n) is 6.28. The lowest BCUT2D eigenvalue weighted by Gasteiger charge is -2.23. The minimum atomic E-state index is -4.47. The number of carbonyl (C=O) groups is 1. The van der Waals surface area contributed by atoms with Gasteiger partial charge < -0.3 is 20.5 Å². The molecule has 3 heterocycles. The smallest absolute Gasteiger partial charge is 0.366 e. The molecule has 0 bridgehead atoms. The molecule has 14 heteroatoms. The summed E-state index contributed by atoms with van der Waals surface area (Å²) in [6.45, 7) is 0.955. The number of fused-ring (bicyclic) bond motifs is 1. The number of aryl methyl sites for hydroxylation is 1. The number of alkyl halides is 3. The average Bonchev–Trinajstić information content (AvgIpc) is 3.85. The number of para-hydroxylation sites is 1. The molecule has 7 rings (SSSR count). The van der Waals surface area contributed by atoms with Crippen molar-refractivity contribution in [3.05, 3.63) is 76.0 Å². The van der Waals surface area contributed by atoms with Crippen LogP contribution >= 0.6 is 0 Å². The number of aromatic nitrogens is 4. The third kappa shape index (κ3) is 4.13. The quantitative estimate of drug-likeness (QED) is 0.333. The van der Waals surface area contributed by atoms with E-state index in [1.54, 1.807) is 19.2 Å². The lowest BCUT2D eigenvalue weighted by molar-refractivity contribution is -0.162. The van der Waals surface area contributed by atoms with Gasteiger partial charge in [-0.25, -0.2) is 13.8 Å². The minimum absolute atomic E-state index is 0.0612. The summed E-state index contributed by atoms with van der Waals surface area (Å²) in [6.07, 6.45) is -2.75. The maximum atomic E-state index is 14.4. The van der Waals surface area contributed by atoms with Crippen molar-refractivity contribution in [3.8, 4) is 5.69 Å². The SMILES string of the molecule is Cn1c(C2(C(F)(F)F)CC2)nc2c(N3C[C@H](N)C4(CC4)C3)c(NC(=O)c3ccc(=O)n(-c4c(F)cccc4F)n3)ccc21. The Hall–Kier alpha value is -4.33. The topological polar surface area (TPSA) is 111 Å². The molecule has 43 heavy (non-hydrogen) atoms. The zero-order valence-corrected chi connectivity index (χ0v) is 22.9. The maximum absolute atomic E-state index is 14.4. The number of amides is 1. The van der Waals surface area contributed by atoms with E-state index in [-0.39, 0.29) is 41.5 Å². The predicted octanol–water partition coefficient (Wildman–Crippen LogP) is 4.17. The van der Waals surface area contributed by atoms with Gasteiger partial charge in [-0.15, -0.1) is 0 Å². The number of rotatable bonds is 5. The molecule has 2 aromatic carbocycles. The Morgan fingerprint density at radius 2 is 1.72 bits per heavy atom. The second kappa shape index (κ2) is 9.09.